The van der Waals surface area contributed by atoms with E-state index in [4.69, 9.17) is 23.2 Å². The van der Waals surface area contributed by atoms with Gasteiger partial charge >= 0.3 is 0 Å². The number of anilines is 1. The number of sulfonamides is 1. The van der Waals surface area contributed by atoms with Crippen LogP contribution >= 0.6 is 23.2 Å². The predicted octanol–water partition coefficient (Wildman–Crippen LogP) is 5.32. The van der Waals surface area contributed by atoms with Gasteiger partial charge in [-0.1, -0.05) is 61.5 Å². The maximum absolute atomic E-state index is 13.8. The van der Waals surface area contributed by atoms with Crippen LogP contribution in [0.3, 0.4) is 0 Å². The number of carbonyl (C=O) groups is 2. The fourth-order valence-electron chi connectivity index (χ4n) is 4.74. The summed E-state index contributed by atoms with van der Waals surface area (Å²) in [5, 5.41) is 4.16. The van der Waals surface area contributed by atoms with Crippen LogP contribution in [0.5, 0.6) is 0 Å². The molecule has 1 fully saturated rings. The van der Waals surface area contributed by atoms with Gasteiger partial charge in [-0.25, -0.2) is 8.42 Å². The fourth-order valence-corrected chi connectivity index (χ4v) is 6.00. The van der Waals surface area contributed by atoms with Crippen molar-refractivity contribution in [2.45, 2.75) is 71.0 Å². The van der Waals surface area contributed by atoms with E-state index < -0.39 is 28.5 Å². The van der Waals surface area contributed by atoms with Crippen LogP contribution in [0.2, 0.25) is 10.0 Å². The van der Waals surface area contributed by atoms with Gasteiger partial charge in [0.2, 0.25) is 21.8 Å². The maximum Gasteiger partial charge on any atom is 0.244 e. The van der Waals surface area contributed by atoms with Crippen molar-refractivity contribution < 1.29 is 18.0 Å². The number of carbonyl (C=O) groups excluding carboxylic acids is 2. The lowest BCUT2D eigenvalue weighted by Gasteiger charge is -2.34. The van der Waals surface area contributed by atoms with Gasteiger partial charge in [0.15, 0.2) is 0 Å². The van der Waals surface area contributed by atoms with Crippen molar-refractivity contribution in [1.82, 2.24) is 10.2 Å². The molecule has 37 heavy (non-hydrogen) atoms. The Hall–Kier alpha value is -2.29. The molecule has 1 aliphatic carbocycles. The number of hydrogen-bond acceptors (Lipinski definition) is 4. The Morgan fingerprint density at radius 2 is 1.65 bits per heavy atom. The monoisotopic (exact) mass is 567 g/mol. The van der Waals surface area contributed by atoms with E-state index in [1.54, 1.807) is 49.4 Å². The largest absolute Gasteiger partial charge is 0.352 e. The van der Waals surface area contributed by atoms with Crippen LogP contribution in [0.4, 0.5) is 5.69 Å². The fraction of sp³-hybridized carbons (Fsp3) is 0.481. The van der Waals surface area contributed by atoms with Crippen molar-refractivity contribution >= 4 is 50.7 Å². The number of aryl methyl sites for hydroxylation is 1. The smallest absolute Gasteiger partial charge is 0.244 e. The molecule has 2 amide bonds. The molecular formula is C27H35Cl2N3O4S. The summed E-state index contributed by atoms with van der Waals surface area (Å²) in [5.74, 6) is -0.689. The van der Waals surface area contributed by atoms with Crippen LogP contribution in [-0.4, -0.2) is 50.0 Å². The number of nitrogens with one attached hydrogen (secondary N) is 1. The molecule has 1 aliphatic rings. The van der Waals surface area contributed by atoms with Crippen LogP contribution in [0.1, 0.15) is 56.6 Å². The summed E-state index contributed by atoms with van der Waals surface area (Å²) in [4.78, 5) is 28.7. The molecule has 202 valence electrons. The number of hydrogen-bond donors (Lipinski definition) is 1. The maximum atomic E-state index is 13.8. The molecule has 0 spiro atoms. The minimum Gasteiger partial charge on any atom is -0.352 e. The van der Waals surface area contributed by atoms with E-state index in [1.165, 1.54) is 4.90 Å². The third-order valence-electron chi connectivity index (χ3n) is 6.71. The molecular weight excluding hydrogens is 533 g/mol. The average molecular weight is 569 g/mol. The molecule has 3 rings (SSSR count). The molecule has 0 bridgehead atoms. The minimum absolute atomic E-state index is 0.0898. The van der Waals surface area contributed by atoms with Crippen LogP contribution < -0.4 is 9.62 Å². The van der Waals surface area contributed by atoms with Crippen LogP contribution in [-0.2, 0) is 26.2 Å². The van der Waals surface area contributed by atoms with Crippen molar-refractivity contribution in [3.8, 4) is 0 Å². The summed E-state index contributed by atoms with van der Waals surface area (Å²) >= 11 is 12.1. The summed E-state index contributed by atoms with van der Waals surface area (Å²) in [5.41, 5.74) is 1.78. The molecule has 0 heterocycles. The lowest BCUT2D eigenvalue weighted by Crippen LogP contribution is -2.54. The second-order valence-corrected chi connectivity index (χ2v) is 12.4. The van der Waals surface area contributed by atoms with E-state index in [9.17, 15) is 18.0 Å². The van der Waals surface area contributed by atoms with E-state index in [2.05, 4.69) is 5.32 Å². The van der Waals surface area contributed by atoms with Gasteiger partial charge in [0, 0.05) is 22.6 Å². The third kappa shape index (κ3) is 8.09. The van der Waals surface area contributed by atoms with E-state index >= 15 is 0 Å². The van der Waals surface area contributed by atoms with Crippen molar-refractivity contribution in [3.63, 3.8) is 0 Å². The quantitative estimate of drug-likeness (QED) is 0.420. The molecule has 10 heteroatoms. The van der Waals surface area contributed by atoms with E-state index in [1.807, 2.05) is 6.92 Å². The van der Waals surface area contributed by atoms with Crippen molar-refractivity contribution in [2.75, 3.05) is 17.1 Å². The Morgan fingerprint density at radius 3 is 2.22 bits per heavy atom. The SMILES string of the molecule is CCC(C(=O)NC1CCCCC1)N(Cc1ccc(Cl)cc1)C(=O)CN(c1ccc(Cl)cc1C)S(C)(=O)=O. The van der Waals surface area contributed by atoms with Crippen LogP contribution in [0.25, 0.3) is 0 Å². The zero-order valence-corrected chi connectivity index (χ0v) is 23.9. The second kappa shape index (κ2) is 13.0. The van der Waals surface area contributed by atoms with E-state index in [0.717, 1.165) is 48.2 Å². The molecule has 0 radical (unpaired) electrons. The molecule has 1 saturated carbocycles. The molecule has 1 unspecified atom stereocenters. The summed E-state index contributed by atoms with van der Waals surface area (Å²) in [7, 11) is -3.81. The van der Waals surface area contributed by atoms with Gasteiger partial charge in [-0.15, -0.1) is 0 Å². The number of halogens is 2. The molecule has 1 atom stereocenters. The Morgan fingerprint density at radius 1 is 1.03 bits per heavy atom. The zero-order chi connectivity index (χ0) is 27.2. The van der Waals surface area contributed by atoms with Gasteiger partial charge in [0.05, 0.1) is 11.9 Å². The zero-order valence-electron chi connectivity index (χ0n) is 21.5. The Balaban J connectivity index is 1.93. The van der Waals surface area contributed by atoms with Gasteiger partial charge < -0.3 is 10.2 Å². The minimum atomic E-state index is -3.81. The highest BCUT2D eigenvalue weighted by Crippen LogP contribution is 2.26. The first-order chi connectivity index (χ1) is 17.5. The predicted molar refractivity (Wildman–Crippen MR) is 149 cm³/mol. The molecule has 0 aliphatic heterocycles. The molecule has 2 aromatic rings. The highest BCUT2D eigenvalue weighted by molar-refractivity contribution is 7.92. The third-order valence-corrected chi connectivity index (χ3v) is 8.32. The summed E-state index contributed by atoms with van der Waals surface area (Å²) in [6.45, 7) is 3.29. The van der Waals surface area contributed by atoms with Gasteiger partial charge in [0.25, 0.3) is 0 Å². The normalized spacial score (nSPS) is 15.2. The number of benzene rings is 2. The van der Waals surface area contributed by atoms with Crippen LogP contribution in [0, 0.1) is 6.92 Å². The average Bonchev–Trinajstić information content (AvgIpc) is 2.84. The highest BCUT2D eigenvalue weighted by Gasteiger charge is 2.33. The first-order valence-corrected chi connectivity index (χ1v) is 15.2. The number of amides is 2. The summed E-state index contributed by atoms with van der Waals surface area (Å²) < 4.78 is 26.6. The summed E-state index contributed by atoms with van der Waals surface area (Å²) in [6, 6.07) is 11.2. The first kappa shape index (κ1) is 29.3. The van der Waals surface area contributed by atoms with Crippen molar-refractivity contribution in [2.24, 2.45) is 0 Å². The number of nitrogens with zero attached hydrogens (tertiary/aromatic N) is 2. The molecule has 1 N–H and O–H groups in total. The highest BCUT2D eigenvalue weighted by atomic mass is 35.5. The van der Waals surface area contributed by atoms with Crippen molar-refractivity contribution in [1.29, 1.82) is 0 Å². The van der Waals surface area contributed by atoms with Gasteiger partial charge in [-0.2, -0.15) is 0 Å². The van der Waals surface area contributed by atoms with Crippen LogP contribution in [0.15, 0.2) is 42.5 Å². The Bertz CT molecular complexity index is 1200. The van der Waals surface area contributed by atoms with E-state index in [-0.39, 0.29) is 18.5 Å². The van der Waals surface area contributed by atoms with Gasteiger partial charge in [0.1, 0.15) is 12.6 Å². The lowest BCUT2D eigenvalue weighted by molar-refractivity contribution is -0.140. The molecule has 2 aromatic carbocycles. The van der Waals surface area contributed by atoms with Gasteiger partial charge in [-0.3, -0.25) is 13.9 Å². The Kier molecular flexibility index (Phi) is 10.3. The molecule has 0 saturated heterocycles. The van der Waals surface area contributed by atoms with Crippen molar-refractivity contribution in [3.05, 3.63) is 63.6 Å². The summed E-state index contributed by atoms with van der Waals surface area (Å²) in [6.07, 6.45) is 6.59. The molecule has 7 nitrogen and oxygen atoms in total. The standard InChI is InChI=1S/C27H35Cl2N3O4S/c1-4-24(27(34)30-23-8-6-5-7-9-23)31(17-20-10-12-21(28)13-11-20)26(33)18-32(37(3,35)36)25-15-14-22(29)16-19(25)2/h10-16,23-24H,4-9,17-18H2,1-3H3,(H,30,34). The van der Waals surface area contributed by atoms with Gasteiger partial charge in [-0.05, 0) is 67.6 Å². The Labute approximate surface area is 230 Å². The first-order valence-electron chi connectivity index (χ1n) is 12.6. The number of rotatable bonds is 10. The lowest BCUT2D eigenvalue weighted by atomic mass is 9.95. The van der Waals surface area contributed by atoms with E-state index in [0.29, 0.717) is 27.7 Å². The molecule has 0 aromatic heterocycles. The second-order valence-electron chi connectivity index (χ2n) is 9.62. The topological polar surface area (TPSA) is 86.8 Å².